The van der Waals surface area contributed by atoms with E-state index < -0.39 is 5.97 Å². The number of benzene rings is 1. The highest BCUT2D eigenvalue weighted by Crippen LogP contribution is 2.37. The molecule has 2 rings (SSSR count). The molecule has 6 heteroatoms. The van der Waals surface area contributed by atoms with Gasteiger partial charge in [0.05, 0.1) is 20.3 Å². The molecule has 1 fully saturated rings. The van der Waals surface area contributed by atoms with Crippen LogP contribution in [0.25, 0.3) is 6.08 Å². The first-order chi connectivity index (χ1) is 10.1. The fourth-order valence-corrected chi connectivity index (χ4v) is 2.33. The smallest absolute Gasteiger partial charge is 0.328 e. The molecule has 5 nitrogen and oxygen atoms in total. The Kier molecular flexibility index (Phi) is 5.47. The Bertz CT molecular complexity index is 535. The lowest BCUT2D eigenvalue weighted by Gasteiger charge is -2.25. The maximum Gasteiger partial charge on any atom is 0.328 e. The lowest BCUT2D eigenvalue weighted by molar-refractivity contribution is -0.131. The van der Waals surface area contributed by atoms with Crippen LogP contribution in [-0.2, 0) is 9.53 Å². The summed E-state index contributed by atoms with van der Waals surface area (Å²) in [5, 5.41) is 9.23. The van der Waals surface area contributed by atoms with Crippen LogP contribution < -0.4 is 9.47 Å². The van der Waals surface area contributed by atoms with Gasteiger partial charge >= 0.3 is 5.97 Å². The summed E-state index contributed by atoms with van der Waals surface area (Å²) in [6.07, 6.45) is 4.08. The van der Waals surface area contributed by atoms with Crippen molar-refractivity contribution < 1.29 is 24.1 Å². The van der Waals surface area contributed by atoms with Crippen LogP contribution in [0.5, 0.6) is 11.5 Å². The van der Waals surface area contributed by atoms with Gasteiger partial charge in [0.1, 0.15) is 6.10 Å². The molecule has 0 amide bonds. The van der Waals surface area contributed by atoms with Crippen LogP contribution in [0.15, 0.2) is 18.2 Å². The molecule has 0 aliphatic carbocycles. The predicted octanol–water partition coefficient (Wildman–Crippen LogP) is 3.00. The summed E-state index contributed by atoms with van der Waals surface area (Å²) in [6, 6.07) is 3.30. The van der Waals surface area contributed by atoms with Crippen molar-refractivity contribution in [2.45, 2.75) is 18.9 Å². The average molecular weight is 313 g/mol. The first-order valence-electron chi connectivity index (χ1n) is 6.63. The number of carbonyl (C=O) groups is 1. The largest absolute Gasteiger partial charge is 0.493 e. The maximum atomic E-state index is 10.7. The van der Waals surface area contributed by atoms with E-state index in [0.717, 1.165) is 18.9 Å². The van der Waals surface area contributed by atoms with E-state index in [1.807, 2.05) is 0 Å². The van der Waals surface area contributed by atoms with Crippen LogP contribution >= 0.6 is 11.6 Å². The summed E-state index contributed by atoms with van der Waals surface area (Å²) in [6.45, 7) is 1.31. The molecule has 21 heavy (non-hydrogen) atoms. The monoisotopic (exact) mass is 312 g/mol. The fourth-order valence-electron chi connectivity index (χ4n) is 2.11. The minimum absolute atomic E-state index is 0.0193. The summed E-state index contributed by atoms with van der Waals surface area (Å²) in [7, 11) is 1.52. The highest BCUT2D eigenvalue weighted by molar-refractivity contribution is 6.31. The van der Waals surface area contributed by atoms with Crippen molar-refractivity contribution in [1.29, 1.82) is 0 Å². The molecule has 0 aromatic heterocycles. The van der Waals surface area contributed by atoms with Gasteiger partial charge < -0.3 is 19.3 Å². The number of hydrogen-bond donors (Lipinski definition) is 1. The molecule has 1 aliphatic rings. The Morgan fingerprint density at radius 1 is 1.43 bits per heavy atom. The number of methoxy groups -OCH3 is 1. The molecule has 1 aromatic carbocycles. The van der Waals surface area contributed by atoms with Crippen LogP contribution in [0, 0.1) is 0 Å². The van der Waals surface area contributed by atoms with E-state index in [4.69, 9.17) is 30.9 Å². The number of ether oxygens (including phenoxy) is 3. The van der Waals surface area contributed by atoms with Crippen molar-refractivity contribution in [2.24, 2.45) is 0 Å². The molecule has 1 aliphatic heterocycles. The van der Waals surface area contributed by atoms with Gasteiger partial charge in [0.15, 0.2) is 11.5 Å². The van der Waals surface area contributed by atoms with Gasteiger partial charge in [0.25, 0.3) is 0 Å². The predicted molar refractivity (Wildman–Crippen MR) is 79.1 cm³/mol. The molecule has 114 valence electrons. The third-order valence-corrected chi connectivity index (χ3v) is 3.34. The van der Waals surface area contributed by atoms with E-state index in [-0.39, 0.29) is 6.10 Å². The Morgan fingerprint density at radius 3 is 2.76 bits per heavy atom. The van der Waals surface area contributed by atoms with Crippen LogP contribution in [0.4, 0.5) is 0 Å². The summed E-state index contributed by atoms with van der Waals surface area (Å²) >= 11 is 6.02. The summed E-state index contributed by atoms with van der Waals surface area (Å²) in [5.41, 5.74) is 0.577. The van der Waals surface area contributed by atoms with Gasteiger partial charge in [-0.1, -0.05) is 11.6 Å². The zero-order chi connectivity index (χ0) is 15.2. The van der Waals surface area contributed by atoms with Crippen LogP contribution in [0.2, 0.25) is 5.02 Å². The van der Waals surface area contributed by atoms with Crippen molar-refractivity contribution >= 4 is 23.6 Å². The van der Waals surface area contributed by atoms with E-state index >= 15 is 0 Å². The number of carboxylic acids is 1. The van der Waals surface area contributed by atoms with E-state index in [1.165, 1.54) is 13.2 Å². The van der Waals surface area contributed by atoms with Crippen LogP contribution in [0.1, 0.15) is 18.4 Å². The van der Waals surface area contributed by atoms with Gasteiger partial charge in [-0.15, -0.1) is 0 Å². The summed E-state index contributed by atoms with van der Waals surface area (Å²) in [5.74, 6) is -0.0451. The molecule has 0 unspecified atom stereocenters. The Morgan fingerprint density at radius 2 is 2.14 bits per heavy atom. The third kappa shape index (κ3) is 4.37. The van der Waals surface area contributed by atoms with Crippen molar-refractivity contribution in [1.82, 2.24) is 0 Å². The second-order valence-electron chi connectivity index (χ2n) is 4.63. The fraction of sp³-hybridized carbons (Fsp3) is 0.400. The van der Waals surface area contributed by atoms with Gasteiger partial charge in [-0.2, -0.15) is 0 Å². The number of rotatable bonds is 5. The lowest BCUT2D eigenvalue weighted by Crippen LogP contribution is -2.26. The molecule has 1 aromatic rings. The number of aliphatic carboxylic acids is 1. The first-order valence-corrected chi connectivity index (χ1v) is 7.01. The Balaban J connectivity index is 2.32. The molecule has 0 bridgehead atoms. The minimum atomic E-state index is -1.04. The van der Waals surface area contributed by atoms with Gasteiger partial charge in [-0.3, -0.25) is 0 Å². The van der Waals surface area contributed by atoms with Crippen molar-refractivity contribution in [3.8, 4) is 11.5 Å². The molecule has 1 N–H and O–H groups in total. The summed E-state index contributed by atoms with van der Waals surface area (Å²) in [4.78, 5) is 10.7. The van der Waals surface area contributed by atoms with E-state index in [0.29, 0.717) is 35.3 Å². The molecule has 1 heterocycles. The molecule has 0 atom stereocenters. The van der Waals surface area contributed by atoms with Gasteiger partial charge in [-0.05, 0) is 12.1 Å². The zero-order valence-electron chi connectivity index (χ0n) is 11.7. The zero-order valence-corrected chi connectivity index (χ0v) is 12.4. The maximum absolute atomic E-state index is 10.7. The van der Waals surface area contributed by atoms with Gasteiger partial charge in [0, 0.05) is 35.6 Å². The van der Waals surface area contributed by atoms with E-state index in [2.05, 4.69) is 0 Å². The number of hydrogen-bond acceptors (Lipinski definition) is 4. The third-order valence-electron chi connectivity index (χ3n) is 3.13. The molecule has 0 saturated carbocycles. The molecule has 0 radical (unpaired) electrons. The molecular formula is C15H17ClO5. The van der Waals surface area contributed by atoms with Gasteiger partial charge in [0.2, 0.25) is 0 Å². The molecule has 0 spiro atoms. The average Bonchev–Trinajstić information content (AvgIpc) is 2.48. The quantitative estimate of drug-likeness (QED) is 0.847. The lowest BCUT2D eigenvalue weighted by atomic mass is 10.1. The van der Waals surface area contributed by atoms with Crippen LogP contribution in [-0.4, -0.2) is 37.5 Å². The number of halogens is 1. The molecular weight excluding hydrogens is 296 g/mol. The van der Waals surface area contributed by atoms with Crippen molar-refractivity contribution in [3.63, 3.8) is 0 Å². The standard InChI is InChI=1S/C15H17ClO5/c1-19-13-9-11(16)8-10(2-3-14(17)18)15(13)21-12-4-6-20-7-5-12/h2-3,8-9,12H,4-7H2,1H3,(H,17,18)/b3-2+. The van der Waals surface area contributed by atoms with E-state index in [9.17, 15) is 4.79 Å². The minimum Gasteiger partial charge on any atom is -0.493 e. The second kappa shape index (κ2) is 7.33. The van der Waals surface area contributed by atoms with Crippen molar-refractivity contribution in [2.75, 3.05) is 20.3 Å². The highest BCUT2D eigenvalue weighted by Gasteiger charge is 2.19. The van der Waals surface area contributed by atoms with Gasteiger partial charge in [-0.25, -0.2) is 4.79 Å². The highest BCUT2D eigenvalue weighted by atomic mass is 35.5. The molecule has 1 saturated heterocycles. The van der Waals surface area contributed by atoms with Crippen LogP contribution in [0.3, 0.4) is 0 Å². The van der Waals surface area contributed by atoms with Crippen molar-refractivity contribution in [3.05, 3.63) is 28.8 Å². The first kappa shape index (κ1) is 15.7. The normalized spacial score (nSPS) is 16.1. The SMILES string of the molecule is COc1cc(Cl)cc(/C=C/C(=O)O)c1OC1CCOCC1. The number of carboxylic acid groups (broad SMARTS) is 1. The summed E-state index contributed by atoms with van der Waals surface area (Å²) < 4.78 is 16.6. The second-order valence-corrected chi connectivity index (χ2v) is 5.06. The van der Waals surface area contributed by atoms with E-state index in [1.54, 1.807) is 12.1 Å². The topological polar surface area (TPSA) is 65.0 Å². The Hall–Kier alpha value is -1.72. The Labute approximate surface area is 128 Å².